The monoisotopic (exact) mass is 313 g/mol. The van der Waals surface area contributed by atoms with Crippen LogP contribution in [-0.4, -0.2) is 23.5 Å². The van der Waals surface area contributed by atoms with Crippen molar-refractivity contribution in [3.63, 3.8) is 0 Å². The molecule has 0 spiro atoms. The summed E-state index contributed by atoms with van der Waals surface area (Å²) in [5.41, 5.74) is 5.03. The average Bonchev–Trinajstić information content (AvgIpc) is 2.82. The Hall–Kier alpha value is -2.53. The highest BCUT2D eigenvalue weighted by Crippen LogP contribution is 2.23. The Labute approximate surface area is 119 Å². The Morgan fingerprint density at radius 3 is 2.71 bits per heavy atom. The van der Waals surface area contributed by atoms with E-state index in [2.05, 4.69) is 14.9 Å². The third kappa shape index (κ3) is 3.32. The van der Waals surface area contributed by atoms with Gasteiger partial charge in [-0.2, -0.15) is 4.98 Å². The van der Waals surface area contributed by atoms with Gasteiger partial charge in [0.05, 0.1) is 17.2 Å². The highest BCUT2D eigenvalue weighted by Gasteiger charge is 2.20. The number of anilines is 1. The molecule has 0 bridgehead atoms. The molecule has 0 aliphatic carbocycles. The van der Waals surface area contributed by atoms with Gasteiger partial charge in [0.2, 0.25) is 15.9 Å². The Balaban J connectivity index is 2.21. The lowest BCUT2D eigenvalue weighted by Gasteiger charge is -2.07. The smallest absolute Gasteiger partial charge is 0.271 e. The summed E-state index contributed by atoms with van der Waals surface area (Å²) in [4.78, 5) is 13.5. The number of aryl methyl sites for hydroxylation is 1. The summed E-state index contributed by atoms with van der Waals surface area (Å²) in [5, 5.41) is 14.1. The summed E-state index contributed by atoms with van der Waals surface area (Å²) in [6.07, 6.45) is 0. The number of rotatable bonds is 5. The Morgan fingerprint density at radius 2 is 2.19 bits per heavy atom. The molecule has 0 saturated heterocycles. The Kier molecular flexibility index (Phi) is 3.86. The number of aromatic nitrogens is 2. The third-order valence-corrected chi connectivity index (χ3v) is 3.95. The van der Waals surface area contributed by atoms with Gasteiger partial charge in [-0.3, -0.25) is 10.1 Å². The van der Waals surface area contributed by atoms with Crippen LogP contribution in [0, 0.1) is 17.0 Å². The number of nitro benzene ring substituents is 1. The van der Waals surface area contributed by atoms with E-state index in [-0.39, 0.29) is 28.7 Å². The van der Waals surface area contributed by atoms with Gasteiger partial charge in [-0.1, -0.05) is 5.16 Å². The number of nitrogen functional groups attached to an aromatic ring is 1. The summed E-state index contributed by atoms with van der Waals surface area (Å²) in [7, 11) is -3.95. The Morgan fingerprint density at radius 1 is 1.48 bits per heavy atom. The van der Waals surface area contributed by atoms with Crippen molar-refractivity contribution in [1.82, 2.24) is 14.9 Å². The van der Waals surface area contributed by atoms with Crippen LogP contribution < -0.4 is 10.5 Å². The predicted octanol–water partition coefficient (Wildman–Crippen LogP) is 0.347. The zero-order valence-corrected chi connectivity index (χ0v) is 11.6. The summed E-state index contributed by atoms with van der Waals surface area (Å²) in [5.74, 6) is 0.468. The molecule has 2 aromatic rings. The van der Waals surface area contributed by atoms with E-state index in [0.717, 1.165) is 18.2 Å². The van der Waals surface area contributed by atoms with E-state index in [1.54, 1.807) is 6.92 Å². The minimum Gasteiger partial charge on any atom is -0.397 e. The van der Waals surface area contributed by atoms with E-state index < -0.39 is 14.9 Å². The van der Waals surface area contributed by atoms with Crippen LogP contribution in [0.1, 0.15) is 11.7 Å². The fourth-order valence-electron chi connectivity index (χ4n) is 1.54. The van der Waals surface area contributed by atoms with Crippen LogP contribution in [0.15, 0.2) is 27.6 Å². The largest absolute Gasteiger partial charge is 0.397 e. The SMILES string of the molecule is Cc1noc(CNS(=O)(=O)c2ccc([N+](=O)[O-])cc2N)n1. The van der Waals surface area contributed by atoms with Gasteiger partial charge in [0.15, 0.2) is 5.82 Å². The summed E-state index contributed by atoms with van der Waals surface area (Å²) in [6, 6.07) is 3.10. The number of benzene rings is 1. The summed E-state index contributed by atoms with van der Waals surface area (Å²) < 4.78 is 31.1. The number of nitrogens with two attached hydrogens (primary N) is 1. The van der Waals surface area contributed by atoms with Crippen LogP contribution in [0.3, 0.4) is 0 Å². The van der Waals surface area contributed by atoms with Gasteiger partial charge in [-0.15, -0.1) is 0 Å². The molecule has 0 fully saturated rings. The van der Waals surface area contributed by atoms with Gasteiger partial charge >= 0.3 is 0 Å². The molecule has 1 heterocycles. The van der Waals surface area contributed by atoms with E-state index in [4.69, 9.17) is 10.3 Å². The van der Waals surface area contributed by atoms with Gasteiger partial charge in [0.25, 0.3) is 5.69 Å². The minimum atomic E-state index is -3.95. The van der Waals surface area contributed by atoms with Crippen molar-refractivity contribution in [3.05, 3.63) is 40.0 Å². The first-order chi connectivity index (χ1) is 9.79. The Bertz CT molecular complexity index is 785. The molecule has 3 N–H and O–H groups in total. The second kappa shape index (κ2) is 5.46. The van der Waals surface area contributed by atoms with E-state index >= 15 is 0 Å². The summed E-state index contributed by atoms with van der Waals surface area (Å²) >= 11 is 0. The van der Waals surface area contributed by atoms with Crippen LogP contribution in [0.5, 0.6) is 0 Å². The number of hydrogen-bond acceptors (Lipinski definition) is 8. The highest BCUT2D eigenvalue weighted by atomic mass is 32.2. The molecule has 0 amide bonds. The maximum atomic E-state index is 12.1. The van der Waals surface area contributed by atoms with E-state index in [0.29, 0.717) is 5.82 Å². The fraction of sp³-hybridized carbons (Fsp3) is 0.200. The molecule has 0 radical (unpaired) electrons. The zero-order valence-electron chi connectivity index (χ0n) is 10.8. The molecule has 0 atom stereocenters. The predicted molar refractivity (Wildman–Crippen MR) is 70.6 cm³/mol. The van der Waals surface area contributed by atoms with Crippen LogP contribution in [0.4, 0.5) is 11.4 Å². The quantitative estimate of drug-likeness (QED) is 0.455. The van der Waals surface area contributed by atoms with E-state index in [1.807, 2.05) is 0 Å². The lowest BCUT2D eigenvalue weighted by Crippen LogP contribution is -2.24. The van der Waals surface area contributed by atoms with Crippen molar-refractivity contribution in [1.29, 1.82) is 0 Å². The van der Waals surface area contributed by atoms with Crippen molar-refractivity contribution in [2.24, 2.45) is 0 Å². The second-order valence-corrected chi connectivity index (χ2v) is 5.77. The maximum absolute atomic E-state index is 12.1. The number of hydrogen-bond donors (Lipinski definition) is 2. The van der Waals surface area contributed by atoms with Crippen molar-refractivity contribution in [3.8, 4) is 0 Å². The molecule has 1 aromatic heterocycles. The van der Waals surface area contributed by atoms with Crippen molar-refractivity contribution in [2.45, 2.75) is 18.4 Å². The topological polar surface area (TPSA) is 154 Å². The highest BCUT2D eigenvalue weighted by molar-refractivity contribution is 7.89. The molecule has 1 aromatic carbocycles. The van der Waals surface area contributed by atoms with E-state index in [1.165, 1.54) is 0 Å². The van der Waals surface area contributed by atoms with Crippen LogP contribution >= 0.6 is 0 Å². The van der Waals surface area contributed by atoms with Crippen LogP contribution in [-0.2, 0) is 16.6 Å². The lowest BCUT2D eigenvalue weighted by molar-refractivity contribution is -0.384. The number of non-ortho nitro benzene ring substituents is 1. The van der Waals surface area contributed by atoms with Crippen LogP contribution in [0.2, 0.25) is 0 Å². The molecule has 0 aliphatic rings. The second-order valence-electron chi connectivity index (χ2n) is 4.04. The van der Waals surface area contributed by atoms with Gasteiger partial charge in [0.1, 0.15) is 4.90 Å². The molecule has 10 nitrogen and oxygen atoms in total. The molecular formula is C10H11N5O5S. The third-order valence-electron chi connectivity index (χ3n) is 2.48. The molecule has 11 heteroatoms. The summed E-state index contributed by atoms with van der Waals surface area (Å²) in [6.45, 7) is 1.38. The number of sulfonamides is 1. The molecule has 2 rings (SSSR count). The van der Waals surface area contributed by atoms with Crippen molar-refractivity contribution in [2.75, 3.05) is 5.73 Å². The van der Waals surface area contributed by atoms with Gasteiger partial charge in [0, 0.05) is 12.1 Å². The average molecular weight is 313 g/mol. The zero-order chi connectivity index (χ0) is 15.6. The first kappa shape index (κ1) is 14.9. The molecular weight excluding hydrogens is 302 g/mol. The fourth-order valence-corrected chi connectivity index (χ4v) is 2.63. The van der Waals surface area contributed by atoms with Gasteiger partial charge in [-0.05, 0) is 13.0 Å². The number of nitro groups is 1. The maximum Gasteiger partial charge on any atom is 0.271 e. The van der Waals surface area contributed by atoms with Crippen molar-refractivity contribution >= 4 is 21.4 Å². The number of nitrogens with zero attached hydrogens (tertiary/aromatic N) is 3. The van der Waals surface area contributed by atoms with Crippen molar-refractivity contribution < 1.29 is 17.9 Å². The number of nitrogens with one attached hydrogen (secondary N) is 1. The molecule has 0 unspecified atom stereocenters. The molecule has 21 heavy (non-hydrogen) atoms. The lowest BCUT2D eigenvalue weighted by atomic mass is 10.3. The van der Waals surface area contributed by atoms with E-state index in [9.17, 15) is 18.5 Å². The molecule has 0 aliphatic heterocycles. The first-order valence-electron chi connectivity index (χ1n) is 5.62. The minimum absolute atomic E-state index is 0.0940. The van der Waals surface area contributed by atoms with Crippen LogP contribution in [0.25, 0.3) is 0 Å². The molecule has 112 valence electrons. The molecule has 0 saturated carbocycles. The van der Waals surface area contributed by atoms with Gasteiger partial charge in [-0.25, -0.2) is 13.1 Å². The first-order valence-corrected chi connectivity index (χ1v) is 7.10. The standard InChI is InChI=1S/C10H11N5O5S/c1-6-13-10(20-14-6)5-12-21(18,19)9-3-2-7(15(16)17)4-8(9)11/h2-4,12H,5,11H2,1H3. The van der Waals surface area contributed by atoms with Gasteiger partial charge < -0.3 is 10.3 Å². The normalized spacial score (nSPS) is 11.5.